The predicted molar refractivity (Wildman–Crippen MR) is 43.4 cm³/mol. The van der Waals surface area contributed by atoms with Gasteiger partial charge in [0.1, 0.15) is 0 Å². The van der Waals surface area contributed by atoms with Crippen molar-refractivity contribution >= 4 is 0 Å². The van der Waals surface area contributed by atoms with E-state index in [2.05, 4.69) is 15.3 Å². The first-order chi connectivity index (χ1) is 5.47. The number of nitrogens with one attached hydrogen (secondary N) is 2. The average molecular weight is 151 g/mol. The molecule has 1 fully saturated rings. The van der Waals surface area contributed by atoms with Gasteiger partial charge < -0.3 is 10.3 Å². The molecule has 1 aromatic heterocycles. The Morgan fingerprint density at radius 3 is 2.82 bits per heavy atom. The van der Waals surface area contributed by atoms with Gasteiger partial charge in [-0.25, -0.2) is 4.98 Å². The lowest BCUT2D eigenvalue weighted by Crippen LogP contribution is -2.26. The second-order valence-electron chi connectivity index (χ2n) is 3.02. The molecular weight excluding hydrogens is 138 g/mol. The van der Waals surface area contributed by atoms with Crippen LogP contribution < -0.4 is 5.32 Å². The molecule has 60 valence electrons. The smallest absolute Gasteiger partial charge is 0.0923 e. The van der Waals surface area contributed by atoms with Gasteiger partial charge >= 0.3 is 0 Å². The molecule has 0 saturated carbocycles. The van der Waals surface area contributed by atoms with Gasteiger partial charge in [0.25, 0.3) is 0 Å². The summed E-state index contributed by atoms with van der Waals surface area (Å²) in [6, 6.07) is 0. The minimum absolute atomic E-state index is 0.683. The van der Waals surface area contributed by atoms with Crippen LogP contribution in [0.25, 0.3) is 0 Å². The standard InChI is InChI=1S/C8H13N3/c1-3-9-4-2-7(1)8-5-10-6-11-8/h5-7,9H,1-4H2,(H,10,11). The van der Waals surface area contributed by atoms with Crippen LogP contribution in [0, 0.1) is 0 Å². The Bertz CT molecular complexity index is 199. The zero-order valence-corrected chi connectivity index (χ0v) is 6.51. The van der Waals surface area contributed by atoms with Crippen molar-refractivity contribution in [3.05, 3.63) is 18.2 Å². The summed E-state index contributed by atoms with van der Waals surface area (Å²) in [5, 5.41) is 3.34. The van der Waals surface area contributed by atoms with Gasteiger partial charge in [-0.15, -0.1) is 0 Å². The number of hydrogen-bond donors (Lipinski definition) is 2. The van der Waals surface area contributed by atoms with E-state index in [9.17, 15) is 0 Å². The Kier molecular flexibility index (Phi) is 1.90. The summed E-state index contributed by atoms with van der Waals surface area (Å²) in [6.45, 7) is 2.27. The highest BCUT2D eigenvalue weighted by molar-refractivity contribution is 5.04. The molecule has 1 aliphatic rings. The molecule has 0 unspecified atom stereocenters. The van der Waals surface area contributed by atoms with Crippen molar-refractivity contribution in [1.29, 1.82) is 0 Å². The van der Waals surface area contributed by atoms with E-state index in [1.54, 1.807) is 6.33 Å². The van der Waals surface area contributed by atoms with E-state index in [-0.39, 0.29) is 0 Å². The topological polar surface area (TPSA) is 40.7 Å². The molecule has 1 aliphatic heterocycles. The van der Waals surface area contributed by atoms with Gasteiger partial charge in [-0.1, -0.05) is 0 Å². The molecule has 2 N–H and O–H groups in total. The summed E-state index contributed by atoms with van der Waals surface area (Å²) < 4.78 is 0. The number of hydrogen-bond acceptors (Lipinski definition) is 2. The minimum Gasteiger partial charge on any atom is -0.351 e. The van der Waals surface area contributed by atoms with Gasteiger partial charge in [0.05, 0.1) is 12.0 Å². The summed E-state index contributed by atoms with van der Waals surface area (Å²) >= 11 is 0. The molecule has 2 rings (SSSR count). The van der Waals surface area contributed by atoms with Gasteiger partial charge in [0.15, 0.2) is 0 Å². The van der Waals surface area contributed by atoms with Crippen LogP contribution in [0.4, 0.5) is 0 Å². The number of imidazole rings is 1. The fourth-order valence-electron chi connectivity index (χ4n) is 1.61. The van der Waals surface area contributed by atoms with Gasteiger partial charge in [-0.2, -0.15) is 0 Å². The third-order valence-corrected chi connectivity index (χ3v) is 2.28. The van der Waals surface area contributed by atoms with Crippen LogP contribution in [0.1, 0.15) is 24.5 Å². The van der Waals surface area contributed by atoms with E-state index in [1.807, 2.05) is 6.20 Å². The molecule has 1 aromatic rings. The highest BCUT2D eigenvalue weighted by atomic mass is 14.9. The number of rotatable bonds is 1. The van der Waals surface area contributed by atoms with Gasteiger partial charge in [-0.3, -0.25) is 0 Å². The summed E-state index contributed by atoms with van der Waals surface area (Å²) in [7, 11) is 0. The molecule has 11 heavy (non-hydrogen) atoms. The lowest BCUT2D eigenvalue weighted by Gasteiger charge is -2.20. The maximum Gasteiger partial charge on any atom is 0.0923 e. The molecule has 2 heterocycles. The fourth-order valence-corrected chi connectivity index (χ4v) is 1.61. The van der Waals surface area contributed by atoms with Crippen molar-refractivity contribution in [2.24, 2.45) is 0 Å². The molecule has 0 bridgehead atoms. The first-order valence-corrected chi connectivity index (χ1v) is 4.16. The maximum absolute atomic E-state index is 4.26. The number of aromatic nitrogens is 2. The number of piperidine rings is 1. The quantitative estimate of drug-likeness (QED) is 0.625. The molecule has 1 saturated heterocycles. The van der Waals surface area contributed by atoms with Crippen LogP contribution in [0.5, 0.6) is 0 Å². The number of aromatic amines is 1. The van der Waals surface area contributed by atoms with E-state index in [1.165, 1.54) is 18.5 Å². The lowest BCUT2D eigenvalue weighted by atomic mass is 9.95. The van der Waals surface area contributed by atoms with Gasteiger partial charge in [-0.05, 0) is 25.9 Å². The molecule has 3 heteroatoms. The third-order valence-electron chi connectivity index (χ3n) is 2.28. The molecule has 3 nitrogen and oxygen atoms in total. The second-order valence-corrected chi connectivity index (χ2v) is 3.02. The molecule has 0 aliphatic carbocycles. The van der Waals surface area contributed by atoms with Crippen LogP contribution in [0.3, 0.4) is 0 Å². The first kappa shape index (κ1) is 6.85. The summed E-state index contributed by atoms with van der Waals surface area (Å²) in [5.41, 5.74) is 1.23. The van der Waals surface area contributed by atoms with Crippen molar-refractivity contribution in [3.63, 3.8) is 0 Å². The Labute approximate surface area is 66.2 Å². The van der Waals surface area contributed by atoms with Crippen molar-refractivity contribution in [2.75, 3.05) is 13.1 Å². The van der Waals surface area contributed by atoms with Crippen molar-refractivity contribution in [2.45, 2.75) is 18.8 Å². The normalized spacial score (nSPS) is 20.4. The van der Waals surface area contributed by atoms with Crippen LogP contribution in [0.2, 0.25) is 0 Å². The van der Waals surface area contributed by atoms with Crippen LogP contribution in [-0.2, 0) is 0 Å². The van der Waals surface area contributed by atoms with E-state index >= 15 is 0 Å². The summed E-state index contributed by atoms with van der Waals surface area (Å²) in [6.07, 6.45) is 6.23. The van der Waals surface area contributed by atoms with E-state index in [4.69, 9.17) is 0 Å². The van der Waals surface area contributed by atoms with Crippen LogP contribution >= 0.6 is 0 Å². The molecular formula is C8H13N3. The van der Waals surface area contributed by atoms with Crippen molar-refractivity contribution in [1.82, 2.24) is 15.3 Å². The van der Waals surface area contributed by atoms with Gasteiger partial charge in [0.2, 0.25) is 0 Å². The molecule has 0 amide bonds. The molecule has 0 spiro atoms. The Morgan fingerprint density at radius 1 is 1.36 bits per heavy atom. The Balaban J connectivity index is 2.04. The van der Waals surface area contributed by atoms with E-state index < -0.39 is 0 Å². The zero-order valence-electron chi connectivity index (χ0n) is 6.51. The predicted octanol–water partition coefficient (Wildman–Crippen LogP) is 0.877. The fraction of sp³-hybridized carbons (Fsp3) is 0.625. The Morgan fingerprint density at radius 2 is 2.18 bits per heavy atom. The van der Waals surface area contributed by atoms with Crippen LogP contribution in [-0.4, -0.2) is 23.1 Å². The SMILES string of the molecule is c1nc(C2CCNCC2)c[nH]1. The van der Waals surface area contributed by atoms with Crippen molar-refractivity contribution < 1.29 is 0 Å². The van der Waals surface area contributed by atoms with Crippen LogP contribution in [0.15, 0.2) is 12.5 Å². The molecule has 0 aromatic carbocycles. The highest BCUT2D eigenvalue weighted by Gasteiger charge is 2.15. The van der Waals surface area contributed by atoms with Gasteiger partial charge in [0, 0.05) is 12.1 Å². The summed E-state index contributed by atoms with van der Waals surface area (Å²) in [5.74, 6) is 0.683. The highest BCUT2D eigenvalue weighted by Crippen LogP contribution is 2.22. The third kappa shape index (κ3) is 1.43. The monoisotopic (exact) mass is 151 g/mol. The van der Waals surface area contributed by atoms with E-state index in [0.29, 0.717) is 5.92 Å². The lowest BCUT2D eigenvalue weighted by molar-refractivity contribution is 0.454. The second kappa shape index (κ2) is 3.05. The zero-order chi connectivity index (χ0) is 7.52. The largest absolute Gasteiger partial charge is 0.351 e. The summed E-state index contributed by atoms with van der Waals surface area (Å²) in [4.78, 5) is 7.25. The van der Waals surface area contributed by atoms with E-state index in [0.717, 1.165) is 13.1 Å². The maximum atomic E-state index is 4.26. The Hall–Kier alpha value is -0.830. The number of H-pyrrole nitrogens is 1. The molecule has 0 atom stereocenters. The molecule has 0 radical (unpaired) electrons. The minimum atomic E-state index is 0.683. The average Bonchev–Trinajstić information content (AvgIpc) is 2.58. The first-order valence-electron chi connectivity index (χ1n) is 4.16. The van der Waals surface area contributed by atoms with Crippen molar-refractivity contribution in [3.8, 4) is 0 Å². The number of nitrogens with zero attached hydrogens (tertiary/aromatic N) is 1.